The van der Waals surface area contributed by atoms with Crippen molar-refractivity contribution < 1.29 is 14.6 Å². The van der Waals surface area contributed by atoms with Gasteiger partial charge in [0.15, 0.2) is 0 Å². The lowest BCUT2D eigenvalue weighted by atomic mass is 9.92. The van der Waals surface area contributed by atoms with E-state index in [1.165, 1.54) is 36.8 Å². The van der Waals surface area contributed by atoms with Gasteiger partial charge in [-0.25, -0.2) is 0 Å². The number of hydrogen-bond donors (Lipinski definition) is 2. The van der Waals surface area contributed by atoms with Crippen molar-refractivity contribution in [2.45, 2.75) is 64.2 Å². The molecule has 3 rings (SSSR count). The van der Waals surface area contributed by atoms with E-state index in [-0.39, 0.29) is 11.7 Å². The first-order valence-corrected chi connectivity index (χ1v) is 10.5. The molecule has 0 heterocycles. The number of phenols is 1. The van der Waals surface area contributed by atoms with Crippen LogP contribution >= 0.6 is 0 Å². The molecular weight excluding hydrogens is 350 g/mol. The largest absolute Gasteiger partial charge is 0.508 e. The van der Waals surface area contributed by atoms with Gasteiger partial charge in [0.1, 0.15) is 11.5 Å². The van der Waals surface area contributed by atoms with Gasteiger partial charge in [0.05, 0.1) is 6.61 Å². The van der Waals surface area contributed by atoms with E-state index in [1.807, 2.05) is 0 Å². The maximum atomic E-state index is 11.9. The highest BCUT2D eigenvalue weighted by Gasteiger charge is 2.09. The van der Waals surface area contributed by atoms with Gasteiger partial charge < -0.3 is 15.2 Å². The van der Waals surface area contributed by atoms with Gasteiger partial charge >= 0.3 is 0 Å². The maximum absolute atomic E-state index is 11.9. The Labute approximate surface area is 167 Å². The van der Waals surface area contributed by atoms with Crippen LogP contribution in [0.3, 0.4) is 0 Å². The minimum absolute atomic E-state index is 0.0291. The molecule has 2 aromatic rings. The Morgan fingerprint density at radius 2 is 1.61 bits per heavy atom. The quantitative estimate of drug-likeness (QED) is 0.414. The van der Waals surface area contributed by atoms with Gasteiger partial charge in [0.25, 0.3) is 0 Å². The van der Waals surface area contributed by atoms with Crippen molar-refractivity contribution in [3.05, 3.63) is 53.6 Å². The topological polar surface area (TPSA) is 58.6 Å². The third kappa shape index (κ3) is 6.59. The van der Waals surface area contributed by atoms with E-state index in [0.717, 1.165) is 50.1 Å². The van der Waals surface area contributed by atoms with Crippen LogP contribution in [-0.2, 0) is 17.6 Å². The summed E-state index contributed by atoms with van der Waals surface area (Å²) >= 11 is 0. The number of carbonyl (C=O) groups is 1. The van der Waals surface area contributed by atoms with E-state index in [0.29, 0.717) is 6.42 Å². The normalized spacial score (nSPS) is 13.0. The molecule has 0 radical (unpaired) electrons. The summed E-state index contributed by atoms with van der Waals surface area (Å²) < 4.78 is 5.91. The first-order chi connectivity index (χ1) is 13.7. The number of rotatable bonds is 10. The summed E-state index contributed by atoms with van der Waals surface area (Å²) in [4.78, 5) is 11.9. The second-order valence-electron chi connectivity index (χ2n) is 7.60. The van der Waals surface area contributed by atoms with Crippen molar-refractivity contribution in [3.63, 3.8) is 0 Å². The lowest BCUT2D eigenvalue weighted by Crippen LogP contribution is -2.10. The Kier molecular flexibility index (Phi) is 7.77. The number of nitrogens with one attached hydrogen (secondary N) is 1. The maximum Gasteiger partial charge on any atom is 0.224 e. The van der Waals surface area contributed by atoms with Crippen LogP contribution < -0.4 is 10.1 Å². The fraction of sp³-hybridized carbons (Fsp3) is 0.458. The molecule has 0 spiro atoms. The number of aromatic hydroxyl groups is 1. The summed E-state index contributed by atoms with van der Waals surface area (Å²) in [5.41, 5.74) is 3.68. The second kappa shape index (κ2) is 10.7. The fourth-order valence-corrected chi connectivity index (χ4v) is 3.68. The molecule has 28 heavy (non-hydrogen) atoms. The zero-order chi connectivity index (χ0) is 19.6. The minimum Gasteiger partial charge on any atom is -0.508 e. The Morgan fingerprint density at radius 1 is 0.893 bits per heavy atom. The number of carbonyl (C=O) groups excluding carboxylic acids is 1. The molecule has 0 aromatic heterocycles. The van der Waals surface area contributed by atoms with Gasteiger partial charge in [-0.1, -0.05) is 25.3 Å². The van der Waals surface area contributed by atoms with Crippen LogP contribution in [0.4, 0.5) is 5.69 Å². The van der Waals surface area contributed by atoms with Crippen molar-refractivity contribution in [2.24, 2.45) is 0 Å². The summed E-state index contributed by atoms with van der Waals surface area (Å²) in [6, 6.07) is 13.1. The predicted molar refractivity (Wildman–Crippen MR) is 113 cm³/mol. The van der Waals surface area contributed by atoms with Crippen LogP contribution in [0.25, 0.3) is 0 Å². The first kappa shape index (κ1) is 20.2. The van der Waals surface area contributed by atoms with Crippen molar-refractivity contribution in [3.8, 4) is 11.5 Å². The number of aryl methyl sites for hydroxylation is 2. The third-order valence-corrected chi connectivity index (χ3v) is 5.29. The summed E-state index contributed by atoms with van der Waals surface area (Å²) in [7, 11) is 0. The lowest BCUT2D eigenvalue weighted by molar-refractivity contribution is -0.116. The third-order valence-electron chi connectivity index (χ3n) is 5.29. The smallest absolute Gasteiger partial charge is 0.224 e. The van der Waals surface area contributed by atoms with Crippen molar-refractivity contribution >= 4 is 11.6 Å². The number of fused-ring (bicyclic) bond motifs is 1. The van der Waals surface area contributed by atoms with Crippen LogP contribution in [0.2, 0.25) is 0 Å². The minimum atomic E-state index is 0.0291. The Hall–Kier alpha value is -2.49. The zero-order valence-corrected chi connectivity index (χ0v) is 16.6. The molecule has 0 bridgehead atoms. The molecule has 0 unspecified atom stereocenters. The number of unbranched alkanes of at least 4 members (excludes halogenated alkanes) is 4. The van der Waals surface area contributed by atoms with E-state index < -0.39 is 0 Å². The monoisotopic (exact) mass is 381 g/mol. The molecule has 4 heteroatoms. The van der Waals surface area contributed by atoms with E-state index in [9.17, 15) is 9.90 Å². The van der Waals surface area contributed by atoms with Crippen LogP contribution in [-0.4, -0.2) is 17.6 Å². The Balaban J connectivity index is 1.21. The zero-order valence-electron chi connectivity index (χ0n) is 16.6. The Morgan fingerprint density at radius 3 is 2.43 bits per heavy atom. The van der Waals surface area contributed by atoms with Crippen molar-refractivity contribution in [1.82, 2.24) is 0 Å². The average Bonchev–Trinajstić information content (AvgIpc) is 2.71. The summed E-state index contributed by atoms with van der Waals surface area (Å²) in [6.07, 6.45) is 10.8. The molecule has 0 saturated carbocycles. The van der Waals surface area contributed by atoms with Gasteiger partial charge in [0.2, 0.25) is 5.91 Å². The number of hydrogen-bond acceptors (Lipinski definition) is 3. The summed E-state index contributed by atoms with van der Waals surface area (Å²) in [6.45, 7) is 0.764. The van der Waals surface area contributed by atoms with Crippen LogP contribution in [0.15, 0.2) is 42.5 Å². The van der Waals surface area contributed by atoms with Gasteiger partial charge in [-0.05, 0) is 86.1 Å². The summed E-state index contributed by atoms with van der Waals surface area (Å²) in [5, 5.41) is 12.1. The van der Waals surface area contributed by atoms with E-state index in [2.05, 4.69) is 23.5 Å². The Bertz CT molecular complexity index is 755. The van der Waals surface area contributed by atoms with Crippen molar-refractivity contribution in [2.75, 3.05) is 11.9 Å². The second-order valence-corrected chi connectivity index (χ2v) is 7.60. The number of phenolic OH excluding ortho intramolecular Hbond substituents is 1. The highest BCUT2D eigenvalue weighted by molar-refractivity contribution is 5.90. The van der Waals surface area contributed by atoms with Crippen LogP contribution in [0.1, 0.15) is 62.5 Å². The molecule has 4 nitrogen and oxygen atoms in total. The number of ether oxygens (including phenoxy) is 1. The molecule has 150 valence electrons. The SMILES string of the molecule is O=C(CCCCCCCOc1ccc2c(c1)CCCC2)Nc1ccc(O)cc1. The van der Waals surface area contributed by atoms with Crippen LogP contribution in [0.5, 0.6) is 11.5 Å². The summed E-state index contributed by atoms with van der Waals surface area (Å²) in [5.74, 6) is 1.24. The van der Waals surface area contributed by atoms with E-state index >= 15 is 0 Å². The van der Waals surface area contributed by atoms with Crippen molar-refractivity contribution in [1.29, 1.82) is 0 Å². The van der Waals surface area contributed by atoms with Crippen LogP contribution in [0, 0.1) is 0 Å². The van der Waals surface area contributed by atoms with E-state index in [4.69, 9.17) is 4.74 Å². The lowest BCUT2D eigenvalue weighted by Gasteiger charge is -2.16. The molecule has 1 aliphatic carbocycles. The molecule has 0 aliphatic heterocycles. The highest BCUT2D eigenvalue weighted by Crippen LogP contribution is 2.25. The van der Waals surface area contributed by atoms with Gasteiger partial charge in [-0.15, -0.1) is 0 Å². The molecule has 0 saturated heterocycles. The van der Waals surface area contributed by atoms with E-state index in [1.54, 1.807) is 24.3 Å². The molecule has 2 N–H and O–H groups in total. The van der Waals surface area contributed by atoms with Gasteiger partial charge in [-0.2, -0.15) is 0 Å². The van der Waals surface area contributed by atoms with Gasteiger partial charge in [0, 0.05) is 12.1 Å². The fourth-order valence-electron chi connectivity index (χ4n) is 3.68. The highest BCUT2D eigenvalue weighted by atomic mass is 16.5. The number of anilines is 1. The first-order valence-electron chi connectivity index (χ1n) is 10.5. The predicted octanol–water partition coefficient (Wildman–Crippen LogP) is 5.63. The molecule has 0 atom stereocenters. The number of amides is 1. The number of benzene rings is 2. The van der Waals surface area contributed by atoms with Gasteiger partial charge in [-0.3, -0.25) is 4.79 Å². The standard InChI is InChI=1S/C24H31NO3/c26-22-14-12-21(13-15-22)25-24(27)10-4-2-1-3-7-17-28-23-16-11-19-8-5-6-9-20(19)18-23/h11-16,18,26H,1-10,17H2,(H,25,27). The molecule has 0 fully saturated rings. The molecular formula is C24H31NO3. The molecule has 2 aromatic carbocycles. The molecule has 1 amide bonds. The molecule has 1 aliphatic rings. The average molecular weight is 382 g/mol.